The number of aromatic carboxylic acids is 1. The Morgan fingerprint density at radius 1 is 1.25 bits per heavy atom. The van der Waals surface area contributed by atoms with Crippen LogP contribution in [0.4, 0.5) is 0 Å². The van der Waals surface area contributed by atoms with Gasteiger partial charge in [0.15, 0.2) is 0 Å². The van der Waals surface area contributed by atoms with Gasteiger partial charge >= 0.3 is 17.9 Å². The number of esters is 2. The van der Waals surface area contributed by atoms with Crippen LogP contribution in [0.3, 0.4) is 0 Å². The van der Waals surface area contributed by atoms with Crippen LogP contribution in [-0.4, -0.2) is 37.2 Å². The first-order valence-electron chi connectivity index (χ1n) is 6.49. The van der Waals surface area contributed by atoms with Crippen molar-refractivity contribution in [2.75, 3.05) is 14.2 Å². The smallest absolute Gasteiger partial charge is 0.377 e. The summed E-state index contributed by atoms with van der Waals surface area (Å²) in [6.07, 6.45) is 0.956. The van der Waals surface area contributed by atoms with E-state index < -0.39 is 17.9 Å². The standard InChI is InChI=1S/C15H15ClO8/c1-8(17)23-6-9-10(16)4-5-11(13(9)14(18)19)24-12(7-21-2)15(20)22-3/h4-5,7H,6H2,1-3H3,(H,18,19). The number of benzene rings is 1. The molecule has 1 N–H and O–H groups in total. The highest BCUT2D eigenvalue weighted by atomic mass is 35.5. The number of carboxylic acids is 1. The van der Waals surface area contributed by atoms with Gasteiger partial charge in [-0.25, -0.2) is 9.59 Å². The lowest BCUT2D eigenvalue weighted by molar-refractivity contribution is -0.142. The number of hydrogen-bond acceptors (Lipinski definition) is 7. The predicted octanol–water partition coefficient (Wildman–Crippen LogP) is 2.14. The highest BCUT2D eigenvalue weighted by Gasteiger charge is 2.23. The van der Waals surface area contributed by atoms with Crippen molar-refractivity contribution in [3.63, 3.8) is 0 Å². The molecule has 0 spiro atoms. The summed E-state index contributed by atoms with van der Waals surface area (Å²) in [5.41, 5.74) is -0.326. The van der Waals surface area contributed by atoms with E-state index in [-0.39, 0.29) is 34.3 Å². The third-order valence-electron chi connectivity index (χ3n) is 2.68. The molecule has 0 bridgehead atoms. The van der Waals surface area contributed by atoms with Crippen molar-refractivity contribution in [1.29, 1.82) is 0 Å². The quantitative estimate of drug-likeness (QED) is 0.448. The number of halogens is 1. The number of carbonyl (C=O) groups is 3. The largest absolute Gasteiger partial charge is 0.500 e. The Morgan fingerprint density at radius 3 is 2.42 bits per heavy atom. The van der Waals surface area contributed by atoms with Crippen molar-refractivity contribution < 1.29 is 38.4 Å². The monoisotopic (exact) mass is 358 g/mol. The normalized spacial score (nSPS) is 10.8. The fourth-order valence-corrected chi connectivity index (χ4v) is 1.89. The van der Waals surface area contributed by atoms with E-state index >= 15 is 0 Å². The van der Waals surface area contributed by atoms with E-state index in [1.807, 2.05) is 0 Å². The minimum absolute atomic E-state index is 0.0264. The highest BCUT2D eigenvalue weighted by Crippen LogP contribution is 2.31. The van der Waals surface area contributed by atoms with Crippen LogP contribution < -0.4 is 4.74 Å². The maximum atomic E-state index is 11.6. The average Bonchev–Trinajstić information content (AvgIpc) is 2.53. The Kier molecular flexibility index (Phi) is 7.06. The zero-order chi connectivity index (χ0) is 18.3. The molecule has 0 aliphatic rings. The van der Waals surface area contributed by atoms with E-state index in [0.29, 0.717) is 0 Å². The maximum Gasteiger partial charge on any atom is 0.377 e. The molecule has 0 aliphatic carbocycles. The topological polar surface area (TPSA) is 108 Å². The van der Waals surface area contributed by atoms with Crippen molar-refractivity contribution in [1.82, 2.24) is 0 Å². The summed E-state index contributed by atoms with van der Waals surface area (Å²) in [7, 11) is 2.40. The Hall–Kier alpha value is -2.74. The number of carbonyl (C=O) groups excluding carboxylic acids is 2. The van der Waals surface area contributed by atoms with E-state index in [9.17, 15) is 19.5 Å². The first-order chi connectivity index (χ1) is 11.3. The third-order valence-corrected chi connectivity index (χ3v) is 3.04. The second kappa shape index (κ2) is 8.78. The first-order valence-corrected chi connectivity index (χ1v) is 6.86. The molecule has 1 rings (SSSR count). The summed E-state index contributed by atoms with van der Waals surface area (Å²) in [5.74, 6) is -3.42. The van der Waals surface area contributed by atoms with Crippen LogP contribution in [0.25, 0.3) is 0 Å². The van der Waals surface area contributed by atoms with Gasteiger partial charge in [-0.15, -0.1) is 0 Å². The van der Waals surface area contributed by atoms with Crippen LogP contribution in [0.1, 0.15) is 22.8 Å². The molecule has 8 nitrogen and oxygen atoms in total. The molecule has 0 aromatic heterocycles. The molecular weight excluding hydrogens is 344 g/mol. The molecule has 0 radical (unpaired) electrons. The lowest BCUT2D eigenvalue weighted by Gasteiger charge is -2.14. The molecule has 0 fully saturated rings. The van der Waals surface area contributed by atoms with Crippen LogP contribution in [0.2, 0.25) is 5.02 Å². The number of carboxylic acid groups (broad SMARTS) is 1. The summed E-state index contributed by atoms with van der Waals surface area (Å²) >= 11 is 5.98. The Balaban J connectivity index is 3.34. The number of rotatable bonds is 7. The summed E-state index contributed by atoms with van der Waals surface area (Å²) in [6, 6.07) is 2.61. The van der Waals surface area contributed by atoms with Crippen molar-refractivity contribution in [3.8, 4) is 5.75 Å². The third kappa shape index (κ3) is 4.88. The second-order valence-electron chi connectivity index (χ2n) is 4.30. The van der Waals surface area contributed by atoms with Gasteiger partial charge in [-0.1, -0.05) is 11.6 Å². The van der Waals surface area contributed by atoms with Crippen molar-refractivity contribution in [3.05, 3.63) is 40.3 Å². The van der Waals surface area contributed by atoms with Gasteiger partial charge < -0.3 is 24.1 Å². The van der Waals surface area contributed by atoms with Gasteiger partial charge in [0.25, 0.3) is 0 Å². The molecule has 0 unspecified atom stereocenters. The van der Waals surface area contributed by atoms with E-state index in [0.717, 1.165) is 13.4 Å². The van der Waals surface area contributed by atoms with Gasteiger partial charge in [-0.3, -0.25) is 4.79 Å². The summed E-state index contributed by atoms with van der Waals surface area (Å²) in [4.78, 5) is 34.1. The fourth-order valence-electron chi connectivity index (χ4n) is 1.68. The number of ether oxygens (including phenoxy) is 4. The van der Waals surface area contributed by atoms with Gasteiger partial charge in [0, 0.05) is 17.5 Å². The van der Waals surface area contributed by atoms with E-state index in [1.54, 1.807) is 0 Å². The molecule has 130 valence electrons. The number of methoxy groups -OCH3 is 2. The van der Waals surface area contributed by atoms with Crippen LogP contribution in [0.15, 0.2) is 24.2 Å². The van der Waals surface area contributed by atoms with Gasteiger partial charge in [0.1, 0.15) is 24.2 Å². The molecule has 0 saturated heterocycles. The molecule has 1 aromatic rings. The van der Waals surface area contributed by atoms with Gasteiger partial charge in [-0.05, 0) is 12.1 Å². The zero-order valence-electron chi connectivity index (χ0n) is 13.1. The molecule has 1 aromatic carbocycles. The van der Waals surface area contributed by atoms with E-state index in [4.69, 9.17) is 25.8 Å². The summed E-state index contributed by atoms with van der Waals surface area (Å²) < 4.78 is 19.3. The van der Waals surface area contributed by atoms with Crippen LogP contribution >= 0.6 is 11.6 Å². The predicted molar refractivity (Wildman–Crippen MR) is 81.6 cm³/mol. The lowest BCUT2D eigenvalue weighted by atomic mass is 10.1. The zero-order valence-corrected chi connectivity index (χ0v) is 13.9. The molecule has 0 atom stereocenters. The van der Waals surface area contributed by atoms with Crippen molar-refractivity contribution in [2.24, 2.45) is 0 Å². The summed E-state index contributed by atoms with van der Waals surface area (Å²) in [5, 5.41) is 9.49. The molecular formula is C15H15ClO8. The van der Waals surface area contributed by atoms with Crippen LogP contribution in [-0.2, 0) is 30.4 Å². The molecule has 0 saturated carbocycles. The molecule has 0 amide bonds. The van der Waals surface area contributed by atoms with E-state index in [2.05, 4.69) is 4.74 Å². The minimum Gasteiger partial charge on any atom is -0.500 e. The van der Waals surface area contributed by atoms with E-state index in [1.165, 1.54) is 26.2 Å². The summed E-state index contributed by atoms with van der Waals surface area (Å²) in [6.45, 7) is 0.805. The Bertz CT molecular complexity index is 680. The SMILES string of the molecule is COC=C(Oc1ccc(Cl)c(COC(C)=O)c1C(=O)O)C(=O)OC. The molecule has 0 aliphatic heterocycles. The molecule has 9 heteroatoms. The fraction of sp³-hybridized carbons (Fsp3) is 0.267. The van der Waals surface area contributed by atoms with Gasteiger partial charge in [-0.2, -0.15) is 0 Å². The van der Waals surface area contributed by atoms with Crippen LogP contribution in [0, 0.1) is 0 Å². The van der Waals surface area contributed by atoms with Gasteiger partial charge in [0.05, 0.1) is 14.2 Å². The minimum atomic E-state index is -1.38. The van der Waals surface area contributed by atoms with Crippen molar-refractivity contribution in [2.45, 2.75) is 13.5 Å². The molecule has 24 heavy (non-hydrogen) atoms. The van der Waals surface area contributed by atoms with Gasteiger partial charge in [0.2, 0.25) is 5.76 Å². The molecule has 0 heterocycles. The lowest BCUT2D eigenvalue weighted by Crippen LogP contribution is -2.15. The Labute approximate surface area is 142 Å². The first kappa shape index (κ1) is 19.3. The number of hydrogen-bond donors (Lipinski definition) is 1. The second-order valence-corrected chi connectivity index (χ2v) is 4.70. The Morgan fingerprint density at radius 2 is 1.92 bits per heavy atom. The van der Waals surface area contributed by atoms with Crippen molar-refractivity contribution >= 4 is 29.5 Å². The van der Waals surface area contributed by atoms with Crippen LogP contribution in [0.5, 0.6) is 5.75 Å². The average molecular weight is 359 g/mol. The highest BCUT2D eigenvalue weighted by molar-refractivity contribution is 6.32. The maximum absolute atomic E-state index is 11.6.